The minimum absolute atomic E-state index is 0.110. The van der Waals surface area contributed by atoms with Gasteiger partial charge in [-0.25, -0.2) is 9.67 Å². The maximum atomic E-state index is 5.97. The van der Waals surface area contributed by atoms with Gasteiger partial charge >= 0.3 is 0 Å². The summed E-state index contributed by atoms with van der Waals surface area (Å²) in [7, 11) is 1.71. The third-order valence-corrected chi connectivity index (χ3v) is 5.43. The highest BCUT2D eigenvalue weighted by Gasteiger charge is 2.28. The highest BCUT2D eigenvalue weighted by atomic mass is 16.5. The van der Waals surface area contributed by atoms with Crippen molar-refractivity contribution in [3.63, 3.8) is 0 Å². The first-order valence-corrected chi connectivity index (χ1v) is 10.1. The van der Waals surface area contributed by atoms with Gasteiger partial charge in [-0.15, -0.1) is 5.10 Å². The number of rotatable bonds is 6. The number of anilines is 1. The lowest BCUT2D eigenvalue weighted by molar-refractivity contribution is 0.0412. The van der Waals surface area contributed by atoms with Gasteiger partial charge in [0.2, 0.25) is 5.95 Å². The minimum atomic E-state index is -0.110. The van der Waals surface area contributed by atoms with Gasteiger partial charge in [0, 0.05) is 19.6 Å². The van der Waals surface area contributed by atoms with Gasteiger partial charge in [0.05, 0.1) is 24.5 Å². The first-order chi connectivity index (χ1) is 15.1. The van der Waals surface area contributed by atoms with Gasteiger partial charge in [0.15, 0.2) is 16.9 Å². The van der Waals surface area contributed by atoms with Crippen molar-refractivity contribution in [1.29, 1.82) is 0 Å². The number of hydrogen-bond acceptors (Lipinski definition) is 9. The highest BCUT2D eigenvalue weighted by molar-refractivity contribution is 5.86. The van der Waals surface area contributed by atoms with E-state index in [1.54, 1.807) is 11.8 Å². The van der Waals surface area contributed by atoms with Crippen molar-refractivity contribution < 1.29 is 13.9 Å². The molecule has 0 spiro atoms. The van der Waals surface area contributed by atoms with Crippen molar-refractivity contribution in [2.24, 2.45) is 5.92 Å². The number of methoxy groups -OCH3 is 1. The zero-order valence-corrected chi connectivity index (χ0v) is 17.4. The van der Waals surface area contributed by atoms with Crippen LogP contribution in [0.1, 0.15) is 29.7 Å². The molecule has 1 saturated heterocycles. The molecule has 2 N–H and O–H groups in total. The maximum Gasteiger partial charge on any atom is 0.222 e. The first-order valence-electron chi connectivity index (χ1n) is 10.1. The Hall–Kier alpha value is -3.37. The normalized spacial score (nSPS) is 17.4. The lowest BCUT2D eigenvalue weighted by Crippen LogP contribution is -2.17. The lowest BCUT2D eigenvalue weighted by Gasteiger charge is -2.20. The Morgan fingerprint density at radius 2 is 2.13 bits per heavy atom. The van der Waals surface area contributed by atoms with Crippen LogP contribution in [0.5, 0.6) is 0 Å². The zero-order chi connectivity index (χ0) is 21.4. The average Bonchev–Trinajstić information content (AvgIpc) is 3.51. The molecule has 1 fully saturated rings. The lowest BCUT2D eigenvalue weighted by atomic mass is 9.98. The smallest absolute Gasteiger partial charge is 0.222 e. The number of nitrogens with zero attached hydrogens (tertiary/aromatic N) is 6. The molecule has 0 amide bonds. The molecule has 160 valence electrons. The molecule has 0 saturated carbocycles. The third-order valence-electron chi connectivity index (χ3n) is 5.43. The summed E-state index contributed by atoms with van der Waals surface area (Å²) in [4.78, 5) is 13.5. The summed E-state index contributed by atoms with van der Waals surface area (Å²) in [5, 5.41) is 8.55. The van der Waals surface area contributed by atoms with Crippen molar-refractivity contribution in [3.8, 4) is 11.5 Å². The molecule has 2 atom stereocenters. The Labute approximate surface area is 178 Å². The minimum Gasteiger partial charge on any atom is -0.460 e. The summed E-state index contributed by atoms with van der Waals surface area (Å²) in [5.74, 6) is 1.77. The molecule has 5 heterocycles. The van der Waals surface area contributed by atoms with Gasteiger partial charge in [-0.1, -0.05) is 11.3 Å². The van der Waals surface area contributed by atoms with E-state index in [0.29, 0.717) is 41.7 Å². The van der Waals surface area contributed by atoms with Crippen LogP contribution in [0, 0.1) is 12.8 Å². The van der Waals surface area contributed by atoms with Crippen LogP contribution in [0.4, 0.5) is 5.95 Å². The fourth-order valence-electron chi connectivity index (χ4n) is 3.96. The van der Waals surface area contributed by atoms with Gasteiger partial charge in [0.1, 0.15) is 17.6 Å². The Balaban J connectivity index is 1.48. The fourth-order valence-corrected chi connectivity index (χ4v) is 3.96. The topological polar surface area (TPSA) is 127 Å². The summed E-state index contributed by atoms with van der Waals surface area (Å²) >= 11 is 0. The van der Waals surface area contributed by atoms with Crippen LogP contribution < -0.4 is 5.73 Å². The predicted molar refractivity (Wildman–Crippen MR) is 112 cm³/mol. The molecule has 0 aromatic carbocycles. The molecule has 0 radical (unpaired) electrons. The molecule has 4 aromatic rings. The van der Waals surface area contributed by atoms with E-state index in [1.807, 2.05) is 37.3 Å². The zero-order valence-electron chi connectivity index (χ0n) is 17.4. The van der Waals surface area contributed by atoms with Gasteiger partial charge < -0.3 is 19.6 Å². The predicted octanol–water partition coefficient (Wildman–Crippen LogP) is 2.54. The molecular weight excluding hydrogens is 398 g/mol. The molecule has 2 unspecified atom stereocenters. The quantitative estimate of drug-likeness (QED) is 0.499. The van der Waals surface area contributed by atoms with Crippen molar-refractivity contribution in [3.05, 3.63) is 47.5 Å². The van der Waals surface area contributed by atoms with Crippen LogP contribution in [-0.4, -0.2) is 50.3 Å². The van der Waals surface area contributed by atoms with Gasteiger partial charge in [0.25, 0.3) is 0 Å². The van der Waals surface area contributed by atoms with Crippen LogP contribution in [0.15, 0.2) is 34.7 Å². The van der Waals surface area contributed by atoms with Crippen LogP contribution in [0.25, 0.3) is 22.6 Å². The van der Waals surface area contributed by atoms with Crippen molar-refractivity contribution in [2.75, 3.05) is 26.1 Å². The molecule has 10 nitrogen and oxygen atoms in total. The molecule has 31 heavy (non-hydrogen) atoms. The average molecular weight is 421 g/mol. The molecule has 4 aromatic heterocycles. The van der Waals surface area contributed by atoms with Gasteiger partial charge in [-0.2, -0.15) is 4.98 Å². The van der Waals surface area contributed by atoms with E-state index in [2.05, 4.69) is 20.3 Å². The second-order valence-corrected chi connectivity index (χ2v) is 7.59. The second kappa shape index (κ2) is 8.05. The number of fused-ring (bicyclic) bond motifs is 1. The molecule has 0 bridgehead atoms. The van der Waals surface area contributed by atoms with E-state index in [9.17, 15) is 0 Å². The highest BCUT2D eigenvalue weighted by Crippen LogP contribution is 2.31. The summed E-state index contributed by atoms with van der Waals surface area (Å²) in [6.45, 7) is 3.69. The van der Waals surface area contributed by atoms with E-state index < -0.39 is 0 Å². The van der Waals surface area contributed by atoms with E-state index >= 15 is 0 Å². The number of nitrogen functional groups attached to an aromatic ring is 1. The molecule has 5 rings (SSSR count). The molecular formula is C21H23N7O3. The summed E-state index contributed by atoms with van der Waals surface area (Å²) in [6.07, 6.45) is 0.852. The van der Waals surface area contributed by atoms with Gasteiger partial charge in [-0.3, -0.25) is 4.98 Å². The molecule has 1 aliphatic rings. The van der Waals surface area contributed by atoms with Crippen LogP contribution in [-0.2, 0) is 16.0 Å². The third kappa shape index (κ3) is 3.75. The number of nitrogens with two attached hydrogens (primary N) is 1. The summed E-state index contributed by atoms with van der Waals surface area (Å²) in [6, 6.07) is 9.58. The van der Waals surface area contributed by atoms with Crippen LogP contribution in [0.3, 0.4) is 0 Å². The number of aryl methyl sites for hydroxylation is 1. The monoisotopic (exact) mass is 421 g/mol. The number of ether oxygens (including phenoxy) is 2. The number of pyridine rings is 1. The number of furan rings is 1. The Morgan fingerprint density at radius 3 is 2.87 bits per heavy atom. The Morgan fingerprint density at radius 1 is 1.23 bits per heavy atom. The van der Waals surface area contributed by atoms with E-state index in [-0.39, 0.29) is 12.1 Å². The molecule has 1 aliphatic heterocycles. The largest absolute Gasteiger partial charge is 0.460 e. The SMILES string of the molecule is COC(c1cccc(Cn2nnc3c(-c4ccc(C)o4)nc(N)nc32)n1)C1CCOC1. The first kappa shape index (κ1) is 19.6. The van der Waals surface area contributed by atoms with E-state index in [0.717, 1.165) is 30.2 Å². The number of aromatic nitrogens is 6. The van der Waals surface area contributed by atoms with E-state index in [1.165, 1.54) is 0 Å². The number of hydrogen-bond donors (Lipinski definition) is 1. The van der Waals surface area contributed by atoms with Gasteiger partial charge in [-0.05, 0) is 37.6 Å². The van der Waals surface area contributed by atoms with Crippen molar-refractivity contribution in [1.82, 2.24) is 29.9 Å². The second-order valence-electron chi connectivity index (χ2n) is 7.59. The summed E-state index contributed by atoms with van der Waals surface area (Å²) in [5.41, 5.74) is 9.23. The van der Waals surface area contributed by atoms with Crippen LogP contribution in [0.2, 0.25) is 0 Å². The fraction of sp³-hybridized carbons (Fsp3) is 0.381. The Kier molecular flexibility index (Phi) is 5.08. The van der Waals surface area contributed by atoms with Crippen molar-refractivity contribution in [2.45, 2.75) is 26.0 Å². The van der Waals surface area contributed by atoms with Crippen LogP contribution >= 0.6 is 0 Å². The van der Waals surface area contributed by atoms with Crippen molar-refractivity contribution >= 4 is 17.1 Å². The molecule has 10 heteroatoms. The molecule has 0 aliphatic carbocycles. The Bertz CT molecular complexity index is 1210. The standard InChI is InChI=1S/C21H23N7O3/c1-12-6-7-16(31-12)17-18-20(25-21(22)24-17)28(27-26-18)10-14-4-3-5-15(23-14)19(29-2)13-8-9-30-11-13/h3-7,13,19H,8-11H2,1-2H3,(H2,22,24,25). The van der Waals surface area contributed by atoms with E-state index in [4.69, 9.17) is 24.6 Å². The summed E-state index contributed by atoms with van der Waals surface area (Å²) < 4.78 is 18.6. The maximum absolute atomic E-state index is 5.97.